The molecule has 6 nitrogen and oxygen atoms in total. The number of aromatic nitrogens is 2. The van der Waals surface area contributed by atoms with Crippen LogP contribution in [0.4, 0.5) is 0 Å². The minimum Gasteiger partial charge on any atom is -0.353 e. The largest absolute Gasteiger partial charge is 0.353 e. The number of carbonyl (C=O) groups is 1. The summed E-state index contributed by atoms with van der Waals surface area (Å²) in [5.74, 6) is 0. The number of carbonyl (C=O) groups excluding carboxylic acids is 1. The summed E-state index contributed by atoms with van der Waals surface area (Å²) in [6, 6.07) is 0. The van der Waals surface area contributed by atoms with Crippen LogP contribution in [0.3, 0.4) is 0 Å². The average molecular weight is 282 g/mol. The number of aryl methyl sites for hydroxylation is 1. The van der Waals surface area contributed by atoms with Crippen LogP contribution in [0.5, 0.6) is 0 Å². The van der Waals surface area contributed by atoms with Crippen molar-refractivity contribution in [3.05, 3.63) is 32.6 Å². The predicted molar refractivity (Wildman–Crippen MR) is 70.2 cm³/mol. The van der Waals surface area contributed by atoms with E-state index >= 15 is 0 Å². The van der Waals surface area contributed by atoms with Crippen molar-refractivity contribution in [2.24, 2.45) is 0 Å². The minimum atomic E-state index is -0.462. The van der Waals surface area contributed by atoms with Gasteiger partial charge in [0.25, 0.3) is 5.56 Å². The van der Waals surface area contributed by atoms with Gasteiger partial charge in [-0.1, -0.05) is 11.8 Å². The molecule has 19 heavy (non-hydrogen) atoms. The zero-order chi connectivity index (χ0) is 13.6. The van der Waals surface area contributed by atoms with Gasteiger partial charge in [0.15, 0.2) is 5.12 Å². The molecule has 1 aromatic heterocycles. The van der Waals surface area contributed by atoms with Gasteiger partial charge in [0.2, 0.25) is 0 Å². The first-order valence-electron chi connectivity index (χ1n) is 6.21. The van der Waals surface area contributed by atoms with Crippen molar-refractivity contribution in [2.45, 2.75) is 43.8 Å². The lowest BCUT2D eigenvalue weighted by molar-refractivity contribution is -0.112. The van der Waals surface area contributed by atoms with Crippen LogP contribution < -0.4 is 11.2 Å². The molecule has 3 heterocycles. The number of rotatable bonds is 1. The Balaban J connectivity index is 1.89. The highest BCUT2D eigenvalue weighted by atomic mass is 32.2. The molecule has 1 aromatic rings. The first-order valence-corrected chi connectivity index (χ1v) is 7.09. The molecule has 102 valence electrons. The van der Waals surface area contributed by atoms with E-state index in [1.807, 2.05) is 0 Å². The van der Waals surface area contributed by atoms with Crippen LogP contribution in [-0.4, -0.2) is 26.0 Å². The molecule has 3 rings (SSSR count). The number of aromatic amines is 1. The molecule has 7 heteroatoms. The fourth-order valence-corrected chi connectivity index (χ4v) is 3.73. The van der Waals surface area contributed by atoms with Crippen molar-refractivity contribution in [1.29, 1.82) is 0 Å². The van der Waals surface area contributed by atoms with E-state index in [1.165, 1.54) is 22.5 Å². The molecule has 2 aliphatic heterocycles. The molecule has 2 fully saturated rings. The van der Waals surface area contributed by atoms with Crippen molar-refractivity contribution in [3.63, 3.8) is 0 Å². The van der Waals surface area contributed by atoms with E-state index in [9.17, 15) is 14.4 Å². The lowest BCUT2D eigenvalue weighted by atomic mass is 10.1. The predicted octanol–water partition coefficient (Wildman–Crippen LogP) is 0.555. The van der Waals surface area contributed by atoms with E-state index in [2.05, 4.69) is 4.98 Å². The Bertz CT molecular complexity index is 635. The van der Waals surface area contributed by atoms with E-state index in [4.69, 9.17) is 4.74 Å². The van der Waals surface area contributed by atoms with Crippen LogP contribution in [-0.2, 0) is 9.53 Å². The van der Waals surface area contributed by atoms with Crippen molar-refractivity contribution in [1.82, 2.24) is 9.55 Å². The standard InChI is InChI=1S/C12H14N2O4S/c1-6-5-14(12(17)13-11(6)16)9-4-8-7(18-9)2-3-10(15)19-8/h5,7-9H,2-4H2,1H3,(H,13,16,17)/t7-,8+,9-/m1/s1. The molecule has 2 saturated heterocycles. The summed E-state index contributed by atoms with van der Waals surface area (Å²) < 4.78 is 7.26. The fraction of sp³-hybridized carbons (Fsp3) is 0.583. The Morgan fingerprint density at radius 3 is 3.00 bits per heavy atom. The Morgan fingerprint density at radius 2 is 2.21 bits per heavy atom. The average Bonchev–Trinajstić information content (AvgIpc) is 2.76. The monoisotopic (exact) mass is 282 g/mol. The highest BCUT2D eigenvalue weighted by Crippen LogP contribution is 2.41. The smallest absolute Gasteiger partial charge is 0.330 e. The van der Waals surface area contributed by atoms with Crippen LogP contribution >= 0.6 is 11.8 Å². The van der Waals surface area contributed by atoms with E-state index < -0.39 is 11.9 Å². The normalized spacial score (nSPS) is 30.4. The highest BCUT2D eigenvalue weighted by molar-refractivity contribution is 8.14. The van der Waals surface area contributed by atoms with E-state index in [0.717, 1.165) is 0 Å². The second-order valence-electron chi connectivity index (χ2n) is 4.91. The van der Waals surface area contributed by atoms with Gasteiger partial charge in [0.1, 0.15) is 6.23 Å². The molecule has 0 spiro atoms. The third-order valence-corrected chi connectivity index (χ3v) is 4.82. The molecule has 2 aliphatic rings. The maximum atomic E-state index is 11.8. The summed E-state index contributed by atoms with van der Waals surface area (Å²) >= 11 is 1.32. The first-order chi connectivity index (χ1) is 9.04. The second kappa shape index (κ2) is 4.64. The third-order valence-electron chi connectivity index (χ3n) is 3.55. The van der Waals surface area contributed by atoms with Crippen molar-refractivity contribution in [2.75, 3.05) is 0 Å². The molecule has 0 saturated carbocycles. The van der Waals surface area contributed by atoms with Gasteiger partial charge in [0, 0.05) is 29.9 Å². The number of hydrogen-bond acceptors (Lipinski definition) is 5. The topological polar surface area (TPSA) is 81.2 Å². The van der Waals surface area contributed by atoms with Gasteiger partial charge in [0.05, 0.1) is 6.10 Å². The zero-order valence-corrected chi connectivity index (χ0v) is 11.2. The van der Waals surface area contributed by atoms with Crippen LogP contribution in [0.2, 0.25) is 0 Å². The van der Waals surface area contributed by atoms with Gasteiger partial charge >= 0.3 is 5.69 Å². The van der Waals surface area contributed by atoms with Crippen molar-refractivity contribution >= 4 is 16.9 Å². The molecule has 0 bridgehead atoms. The van der Waals surface area contributed by atoms with Gasteiger partial charge < -0.3 is 4.74 Å². The molecule has 0 aliphatic carbocycles. The van der Waals surface area contributed by atoms with Crippen LogP contribution in [0.25, 0.3) is 0 Å². The fourth-order valence-electron chi connectivity index (χ4n) is 2.54. The van der Waals surface area contributed by atoms with Gasteiger partial charge in [-0.05, 0) is 13.3 Å². The quantitative estimate of drug-likeness (QED) is 0.813. The van der Waals surface area contributed by atoms with Crippen LogP contribution in [0.15, 0.2) is 15.8 Å². The molecule has 0 amide bonds. The van der Waals surface area contributed by atoms with E-state index in [-0.39, 0.29) is 22.0 Å². The van der Waals surface area contributed by atoms with Gasteiger partial charge in [-0.3, -0.25) is 19.1 Å². The number of thioether (sulfide) groups is 1. The highest BCUT2D eigenvalue weighted by Gasteiger charge is 2.41. The summed E-state index contributed by atoms with van der Waals surface area (Å²) in [7, 11) is 0. The molecule has 0 radical (unpaired) electrons. The van der Waals surface area contributed by atoms with Gasteiger partial charge in [-0.2, -0.15) is 0 Å². The SMILES string of the molecule is Cc1cn([C@H]2C[C@@H]3SC(=O)CC[C@H]3O2)c(=O)[nH]c1=O. The van der Waals surface area contributed by atoms with Crippen LogP contribution in [0.1, 0.15) is 31.1 Å². The Morgan fingerprint density at radius 1 is 1.42 bits per heavy atom. The van der Waals surface area contributed by atoms with E-state index in [1.54, 1.807) is 6.92 Å². The van der Waals surface area contributed by atoms with Crippen LogP contribution in [0, 0.1) is 6.92 Å². The summed E-state index contributed by atoms with van der Waals surface area (Å²) in [5.41, 5.74) is -0.362. The Kier molecular flexibility index (Phi) is 3.10. The first kappa shape index (κ1) is 12.7. The number of nitrogens with one attached hydrogen (secondary N) is 1. The lowest BCUT2D eigenvalue weighted by Crippen LogP contribution is -2.33. The van der Waals surface area contributed by atoms with Gasteiger partial charge in [-0.15, -0.1) is 0 Å². The zero-order valence-electron chi connectivity index (χ0n) is 10.4. The summed E-state index contributed by atoms with van der Waals surface area (Å²) in [6.45, 7) is 1.65. The second-order valence-corrected chi connectivity index (χ2v) is 6.21. The third kappa shape index (κ3) is 2.28. The summed E-state index contributed by atoms with van der Waals surface area (Å²) in [6.07, 6.45) is 3.01. The maximum absolute atomic E-state index is 11.8. The van der Waals surface area contributed by atoms with E-state index in [0.29, 0.717) is 24.8 Å². The number of fused-ring (bicyclic) bond motifs is 1. The molecule has 1 N–H and O–H groups in total. The molecule has 0 aromatic carbocycles. The van der Waals surface area contributed by atoms with Gasteiger partial charge in [-0.25, -0.2) is 4.79 Å². The van der Waals surface area contributed by atoms with Crippen molar-refractivity contribution < 1.29 is 9.53 Å². The minimum absolute atomic E-state index is 0.0202. The molecular weight excluding hydrogens is 268 g/mol. The number of H-pyrrole nitrogens is 1. The Labute approximate surface area is 113 Å². The molecule has 0 unspecified atom stereocenters. The summed E-state index contributed by atoms with van der Waals surface area (Å²) in [5, 5.41) is 0.306. The summed E-state index contributed by atoms with van der Waals surface area (Å²) in [4.78, 5) is 36.8. The molecule has 3 atom stereocenters. The number of ether oxygens (including phenoxy) is 1. The number of hydrogen-bond donors (Lipinski definition) is 1. The lowest BCUT2D eigenvalue weighted by Gasteiger charge is -2.21. The Hall–Kier alpha value is -1.34. The van der Waals surface area contributed by atoms with Crippen molar-refractivity contribution in [3.8, 4) is 0 Å². The number of nitrogens with zero attached hydrogens (tertiary/aromatic N) is 1. The maximum Gasteiger partial charge on any atom is 0.330 e. The molecular formula is C12H14N2O4S.